The van der Waals surface area contributed by atoms with Gasteiger partial charge in [-0.05, 0) is 41.0 Å². The third kappa shape index (κ3) is 7.67. The molecule has 0 bridgehead atoms. The second kappa shape index (κ2) is 14.5. The zero-order valence-corrected chi connectivity index (χ0v) is 25.5. The van der Waals surface area contributed by atoms with Gasteiger partial charge in [-0.2, -0.15) is 0 Å². The number of carbonyl (C=O) groups excluding carboxylic acids is 3. The molecule has 2 heterocycles. The molecule has 1 saturated heterocycles. The molecule has 45 heavy (non-hydrogen) atoms. The minimum Gasteiger partial charge on any atom is -0.508 e. The monoisotopic (exact) mass is 605 g/mol. The van der Waals surface area contributed by atoms with Crippen molar-refractivity contribution in [2.75, 3.05) is 19.6 Å². The fourth-order valence-corrected chi connectivity index (χ4v) is 5.87. The van der Waals surface area contributed by atoms with Gasteiger partial charge in [0.05, 0.1) is 11.6 Å². The summed E-state index contributed by atoms with van der Waals surface area (Å²) < 4.78 is 0. The molecule has 1 aromatic heterocycles. The van der Waals surface area contributed by atoms with E-state index in [0.717, 1.165) is 27.6 Å². The number of fused-ring (bicyclic) bond motifs is 1. The van der Waals surface area contributed by atoms with Crippen LogP contribution in [0.5, 0.6) is 5.75 Å². The van der Waals surface area contributed by atoms with Gasteiger partial charge in [-0.1, -0.05) is 73.7 Å². The molecule has 9 nitrogen and oxygen atoms in total. The summed E-state index contributed by atoms with van der Waals surface area (Å²) in [4.78, 5) is 50.8. The van der Waals surface area contributed by atoms with Crippen LogP contribution in [0.4, 0.5) is 4.79 Å². The number of urea groups is 1. The molecule has 2 N–H and O–H groups in total. The largest absolute Gasteiger partial charge is 0.508 e. The van der Waals surface area contributed by atoms with E-state index < -0.39 is 12.1 Å². The van der Waals surface area contributed by atoms with E-state index in [-0.39, 0.29) is 56.1 Å². The maximum absolute atomic E-state index is 14.2. The summed E-state index contributed by atoms with van der Waals surface area (Å²) in [5, 5.41) is 13.8. The van der Waals surface area contributed by atoms with Gasteiger partial charge in [0.2, 0.25) is 11.8 Å². The molecule has 0 unspecified atom stereocenters. The molecule has 2 atom stereocenters. The third-order valence-electron chi connectivity index (χ3n) is 8.11. The van der Waals surface area contributed by atoms with Crippen LogP contribution in [0.3, 0.4) is 0 Å². The van der Waals surface area contributed by atoms with Crippen LogP contribution in [0, 0.1) is 0 Å². The van der Waals surface area contributed by atoms with E-state index in [1.165, 1.54) is 0 Å². The SMILES string of the molecule is C=CCN(C[C@H]1CN(Cc2ccc3cccnc3c2)C(=O)[C@H](Cc2ccc(O)cc2)N1C(=O)CC)C(=O)NCc1ccccc1. The van der Waals surface area contributed by atoms with Gasteiger partial charge in [-0.25, -0.2) is 4.79 Å². The van der Waals surface area contributed by atoms with Crippen molar-refractivity contribution in [2.45, 2.75) is 44.9 Å². The Labute approximate surface area is 263 Å². The van der Waals surface area contributed by atoms with Crippen LogP contribution < -0.4 is 5.32 Å². The van der Waals surface area contributed by atoms with Crippen molar-refractivity contribution in [3.8, 4) is 5.75 Å². The van der Waals surface area contributed by atoms with E-state index in [9.17, 15) is 19.5 Å². The molecule has 4 aromatic rings. The van der Waals surface area contributed by atoms with E-state index >= 15 is 0 Å². The Bertz CT molecular complexity index is 1640. The molecule has 4 amide bonds. The Morgan fingerprint density at radius 1 is 1.02 bits per heavy atom. The van der Waals surface area contributed by atoms with Crippen molar-refractivity contribution < 1.29 is 19.5 Å². The predicted octanol–water partition coefficient (Wildman–Crippen LogP) is 4.90. The molecule has 5 rings (SSSR count). The quantitative estimate of drug-likeness (QED) is 0.237. The number of phenols is 1. The number of rotatable bonds is 11. The second-order valence-corrected chi connectivity index (χ2v) is 11.3. The number of aromatic hydroxyl groups is 1. The van der Waals surface area contributed by atoms with Gasteiger partial charge in [-0.15, -0.1) is 6.58 Å². The lowest BCUT2D eigenvalue weighted by Gasteiger charge is -2.47. The number of amides is 4. The average molecular weight is 606 g/mol. The molecule has 0 saturated carbocycles. The van der Waals surface area contributed by atoms with Crippen LogP contribution in [-0.2, 0) is 29.1 Å². The number of carbonyl (C=O) groups is 3. The van der Waals surface area contributed by atoms with Crippen LogP contribution in [0.15, 0.2) is 104 Å². The Balaban J connectivity index is 1.45. The highest BCUT2D eigenvalue weighted by molar-refractivity contribution is 5.90. The highest BCUT2D eigenvalue weighted by Gasteiger charge is 2.43. The summed E-state index contributed by atoms with van der Waals surface area (Å²) in [6.45, 7) is 7.09. The maximum atomic E-state index is 14.2. The topological polar surface area (TPSA) is 106 Å². The summed E-state index contributed by atoms with van der Waals surface area (Å²) in [5.41, 5.74) is 3.56. The maximum Gasteiger partial charge on any atom is 0.318 e. The third-order valence-corrected chi connectivity index (χ3v) is 8.11. The van der Waals surface area contributed by atoms with Crippen molar-refractivity contribution in [1.82, 2.24) is 25.0 Å². The highest BCUT2D eigenvalue weighted by Crippen LogP contribution is 2.26. The van der Waals surface area contributed by atoms with Gasteiger partial charge in [0.1, 0.15) is 11.8 Å². The lowest BCUT2D eigenvalue weighted by Crippen LogP contribution is -2.66. The molecule has 0 radical (unpaired) electrons. The minimum absolute atomic E-state index is 0.126. The second-order valence-electron chi connectivity index (χ2n) is 11.3. The number of phenolic OH excluding ortho intramolecular Hbond substituents is 1. The van der Waals surface area contributed by atoms with Gasteiger partial charge in [0.15, 0.2) is 0 Å². The predicted molar refractivity (Wildman–Crippen MR) is 174 cm³/mol. The van der Waals surface area contributed by atoms with Gasteiger partial charge in [0, 0.05) is 57.1 Å². The first-order valence-corrected chi connectivity index (χ1v) is 15.3. The smallest absolute Gasteiger partial charge is 0.318 e. The van der Waals surface area contributed by atoms with Crippen molar-refractivity contribution >= 4 is 28.7 Å². The molecule has 9 heteroatoms. The molecule has 1 fully saturated rings. The molecule has 1 aliphatic rings. The van der Waals surface area contributed by atoms with Crippen molar-refractivity contribution in [2.24, 2.45) is 0 Å². The van der Waals surface area contributed by atoms with Gasteiger partial charge < -0.3 is 25.1 Å². The van der Waals surface area contributed by atoms with Gasteiger partial charge >= 0.3 is 6.03 Å². The van der Waals surface area contributed by atoms with Crippen LogP contribution in [0.2, 0.25) is 0 Å². The number of pyridine rings is 1. The van der Waals surface area contributed by atoms with E-state index in [1.807, 2.05) is 60.7 Å². The molecular weight excluding hydrogens is 566 g/mol. The highest BCUT2D eigenvalue weighted by atomic mass is 16.3. The van der Waals surface area contributed by atoms with Crippen molar-refractivity contribution in [1.29, 1.82) is 0 Å². The fourth-order valence-electron chi connectivity index (χ4n) is 5.87. The number of aromatic nitrogens is 1. The number of hydrogen-bond donors (Lipinski definition) is 2. The van der Waals surface area contributed by atoms with Crippen LogP contribution in [-0.4, -0.2) is 74.4 Å². The summed E-state index contributed by atoms with van der Waals surface area (Å²) in [6.07, 6.45) is 3.90. The van der Waals surface area contributed by atoms with Gasteiger partial charge in [-0.3, -0.25) is 14.6 Å². The van der Waals surface area contributed by atoms with Crippen molar-refractivity contribution in [3.05, 3.63) is 120 Å². The first-order valence-electron chi connectivity index (χ1n) is 15.3. The fraction of sp³-hybridized carbons (Fsp3) is 0.278. The lowest BCUT2D eigenvalue weighted by atomic mass is 9.96. The van der Waals surface area contributed by atoms with E-state index in [1.54, 1.807) is 58.2 Å². The Morgan fingerprint density at radius 2 is 1.78 bits per heavy atom. The summed E-state index contributed by atoms with van der Waals surface area (Å²) in [7, 11) is 0. The van der Waals surface area contributed by atoms with Crippen LogP contribution in [0.1, 0.15) is 30.0 Å². The Hall–Kier alpha value is -5.18. The number of piperazine rings is 1. The zero-order valence-electron chi connectivity index (χ0n) is 25.5. The van der Waals surface area contributed by atoms with Gasteiger partial charge in [0.25, 0.3) is 0 Å². The number of hydrogen-bond acceptors (Lipinski definition) is 5. The average Bonchev–Trinajstić information content (AvgIpc) is 3.06. The van der Waals surface area contributed by atoms with Crippen LogP contribution >= 0.6 is 0 Å². The molecule has 0 aliphatic carbocycles. The first-order chi connectivity index (χ1) is 21.9. The standard InChI is InChI=1S/C36H39N5O4/c1-3-19-39(36(45)38-22-27-9-6-5-7-10-27)24-30-25-40(23-28-12-15-29-11-8-18-37-32(29)20-28)35(44)33(41(30)34(43)4-2)21-26-13-16-31(42)17-14-26/h3,5-18,20,30,33,42H,1,4,19,21-25H2,2H3,(H,38,45)/t30-,33-/m0/s1. The van der Waals surface area contributed by atoms with E-state index in [4.69, 9.17) is 0 Å². The lowest BCUT2D eigenvalue weighted by molar-refractivity contribution is -0.156. The summed E-state index contributed by atoms with van der Waals surface area (Å²) in [6, 6.07) is 24.7. The number of nitrogens with zero attached hydrogens (tertiary/aromatic N) is 4. The zero-order chi connectivity index (χ0) is 31.8. The summed E-state index contributed by atoms with van der Waals surface area (Å²) >= 11 is 0. The van der Waals surface area contributed by atoms with E-state index in [0.29, 0.717) is 13.1 Å². The molecular formula is C36H39N5O4. The number of nitrogens with one attached hydrogen (secondary N) is 1. The number of benzene rings is 3. The molecule has 0 spiro atoms. The molecule has 232 valence electrons. The van der Waals surface area contributed by atoms with Crippen LogP contribution in [0.25, 0.3) is 10.9 Å². The van der Waals surface area contributed by atoms with Crippen molar-refractivity contribution in [3.63, 3.8) is 0 Å². The Morgan fingerprint density at radius 3 is 2.51 bits per heavy atom. The Kier molecular flexibility index (Phi) is 10.1. The molecule has 1 aliphatic heterocycles. The normalized spacial score (nSPS) is 16.4. The molecule has 3 aromatic carbocycles. The van der Waals surface area contributed by atoms with E-state index in [2.05, 4.69) is 16.9 Å². The summed E-state index contributed by atoms with van der Waals surface area (Å²) in [5.74, 6) is -0.192. The first kappa shape index (κ1) is 31.3. The minimum atomic E-state index is -0.780.